The van der Waals surface area contributed by atoms with Gasteiger partial charge in [-0.2, -0.15) is 0 Å². The van der Waals surface area contributed by atoms with Crippen molar-refractivity contribution in [3.8, 4) is 17.2 Å². The summed E-state index contributed by atoms with van der Waals surface area (Å²) >= 11 is 6.22. The number of hydrogen-bond acceptors (Lipinski definition) is 4. The molecule has 1 saturated heterocycles. The molecule has 0 bridgehead atoms. The maximum Gasteiger partial charge on any atom is 0.165 e. The van der Waals surface area contributed by atoms with Gasteiger partial charge in [-0.3, -0.25) is 4.90 Å². The molecule has 134 valence electrons. The zero-order chi connectivity index (χ0) is 17.8. The Bertz CT molecular complexity index is 718. The Hall–Kier alpha value is -1.91. The minimum absolute atomic E-state index is 0.318. The molecule has 0 amide bonds. The van der Waals surface area contributed by atoms with E-state index in [0.717, 1.165) is 37.4 Å². The van der Waals surface area contributed by atoms with Crippen LogP contribution in [0.25, 0.3) is 0 Å². The van der Waals surface area contributed by atoms with Crippen LogP contribution in [-0.2, 0) is 13.0 Å². The number of methoxy groups -OCH3 is 2. The van der Waals surface area contributed by atoms with Crippen LogP contribution in [0.1, 0.15) is 17.5 Å². The number of likely N-dealkylation sites (tertiary alicyclic amines) is 1. The van der Waals surface area contributed by atoms with Gasteiger partial charge in [-0.05, 0) is 49.1 Å². The fourth-order valence-electron chi connectivity index (χ4n) is 3.55. The number of phenols is 1. The van der Waals surface area contributed by atoms with Gasteiger partial charge in [0.05, 0.1) is 14.2 Å². The molecule has 0 aromatic heterocycles. The molecule has 1 fully saturated rings. The van der Waals surface area contributed by atoms with Crippen LogP contribution >= 0.6 is 11.6 Å². The van der Waals surface area contributed by atoms with Gasteiger partial charge in [0.1, 0.15) is 5.75 Å². The van der Waals surface area contributed by atoms with Crippen molar-refractivity contribution in [2.75, 3.05) is 27.3 Å². The Balaban J connectivity index is 1.65. The molecule has 0 spiro atoms. The van der Waals surface area contributed by atoms with Crippen molar-refractivity contribution in [1.29, 1.82) is 0 Å². The standard InChI is InChI=1S/C20H24ClNO3/c1-24-19-11-17(21)10-16(20(19)25-2)13-22-8-7-15(12-22)9-14-3-5-18(23)6-4-14/h3-6,10-11,15,23H,7-9,12-13H2,1-2H3. The molecular weight excluding hydrogens is 338 g/mol. The van der Waals surface area contributed by atoms with E-state index in [9.17, 15) is 5.11 Å². The molecule has 5 heteroatoms. The highest BCUT2D eigenvalue weighted by Crippen LogP contribution is 2.36. The van der Waals surface area contributed by atoms with Gasteiger partial charge >= 0.3 is 0 Å². The average molecular weight is 362 g/mol. The topological polar surface area (TPSA) is 41.9 Å². The Morgan fingerprint density at radius 2 is 1.92 bits per heavy atom. The first kappa shape index (κ1) is 17.9. The third-order valence-electron chi connectivity index (χ3n) is 4.75. The van der Waals surface area contributed by atoms with E-state index in [1.165, 1.54) is 12.0 Å². The zero-order valence-electron chi connectivity index (χ0n) is 14.7. The second-order valence-corrected chi connectivity index (χ2v) is 7.00. The van der Waals surface area contributed by atoms with Crippen LogP contribution in [0, 0.1) is 5.92 Å². The predicted molar refractivity (Wildman–Crippen MR) is 99.8 cm³/mol. The van der Waals surface area contributed by atoms with Crippen LogP contribution in [-0.4, -0.2) is 37.3 Å². The molecule has 0 aliphatic carbocycles. The van der Waals surface area contributed by atoms with E-state index in [2.05, 4.69) is 4.90 Å². The fraction of sp³-hybridized carbons (Fsp3) is 0.400. The van der Waals surface area contributed by atoms with Crippen molar-refractivity contribution < 1.29 is 14.6 Å². The molecule has 4 nitrogen and oxygen atoms in total. The van der Waals surface area contributed by atoms with E-state index in [4.69, 9.17) is 21.1 Å². The number of phenolic OH excluding ortho intramolecular Hbond substituents is 1. The van der Waals surface area contributed by atoms with Gasteiger partial charge in [0, 0.05) is 29.7 Å². The van der Waals surface area contributed by atoms with Gasteiger partial charge < -0.3 is 14.6 Å². The Labute approximate surface area is 153 Å². The van der Waals surface area contributed by atoms with Crippen LogP contribution < -0.4 is 9.47 Å². The van der Waals surface area contributed by atoms with Crippen LogP contribution in [0.3, 0.4) is 0 Å². The van der Waals surface area contributed by atoms with Crippen LogP contribution in [0.5, 0.6) is 17.2 Å². The van der Waals surface area contributed by atoms with Gasteiger partial charge in [-0.1, -0.05) is 23.7 Å². The van der Waals surface area contributed by atoms with Gasteiger partial charge in [-0.15, -0.1) is 0 Å². The molecule has 1 N–H and O–H groups in total. The van der Waals surface area contributed by atoms with Crippen molar-refractivity contribution in [3.05, 3.63) is 52.5 Å². The molecule has 1 heterocycles. The number of benzene rings is 2. The van der Waals surface area contributed by atoms with E-state index >= 15 is 0 Å². The quantitative estimate of drug-likeness (QED) is 0.840. The van der Waals surface area contributed by atoms with Gasteiger partial charge in [-0.25, -0.2) is 0 Å². The van der Waals surface area contributed by atoms with E-state index < -0.39 is 0 Å². The number of ether oxygens (including phenoxy) is 2. The monoisotopic (exact) mass is 361 g/mol. The lowest BCUT2D eigenvalue weighted by molar-refractivity contribution is 0.302. The van der Waals surface area contributed by atoms with Crippen molar-refractivity contribution >= 4 is 11.6 Å². The summed E-state index contributed by atoms with van der Waals surface area (Å²) in [6.07, 6.45) is 2.20. The molecule has 2 aromatic rings. The van der Waals surface area contributed by atoms with Crippen molar-refractivity contribution in [2.24, 2.45) is 5.92 Å². The first-order valence-corrected chi connectivity index (χ1v) is 8.87. The third kappa shape index (κ3) is 4.39. The smallest absolute Gasteiger partial charge is 0.165 e. The summed E-state index contributed by atoms with van der Waals surface area (Å²) in [6, 6.07) is 11.2. The van der Waals surface area contributed by atoms with E-state index in [1.807, 2.05) is 18.2 Å². The number of nitrogens with zero attached hydrogens (tertiary/aromatic N) is 1. The minimum Gasteiger partial charge on any atom is -0.508 e. The molecule has 3 rings (SSSR count). The zero-order valence-corrected chi connectivity index (χ0v) is 15.4. The molecular formula is C20H24ClNO3. The summed E-state index contributed by atoms with van der Waals surface area (Å²) in [7, 11) is 3.29. The van der Waals surface area contributed by atoms with Crippen LogP contribution in [0.2, 0.25) is 5.02 Å². The highest BCUT2D eigenvalue weighted by atomic mass is 35.5. The molecule has 1 unspecified atom stereocenters. The molecule has 1 atom stereocenters. The lowest BCUT2D eigenvalue weighted by atomic mass is 9.99. The first-order chi connectivity index (χ1) is 12.1. The SMILES string of the molecule is COc1cc(Cl)cc(CN2CCC(Cc3ccc(O)cc3)C2)c1OC. The summed E-state index contributed by atoms with van der Waals surface area (Å²) in [5.74, 6) is 2.37. The largest absolute Gasteiger partial charge is 0.508 e. The molecule has 1 aliphatic heterocycles. The second-order valence-electron chi connectivity index (χ2n) is 6.56. The molecule has 25 heavy (non-hydrogen) atoms. The first-order valence-electron chi connectivity index (χ1n) is 8.49. The van der Waals surface area contributed by atoms with E-state index in [0.29, 0.717) is 22.4 Å². The summed E-state index contributed by atoms with van der Waals surface area (Å²) in [5, 5.41) is 10.1. The lowest BCUT2D eigenvalue weighted by Crippen LogP contribution is -2.21. The van der Waals surface area contributed by atoms with Crippen molar-refractivity contribution in [2.45, 2.75) is 19.4 Å². The Morgan fingerprint density at radius 1 is 1.16 bits per heavy atom. The third-order valence-corrected chi connectivity index (χ3v) is 4.96. The highest BCUT2D eigenvalue weighted by Gasteiger charge is 2.24. The van der Waals surface area contributed by atoms with Gasteiger partial charge in [0.25, 0.3) is 0 Å². The minimum atomic E-state index is 0.318. The van der Waals surface area contributed by atoms with Gasteiger partial charge in [0.2, 0.25) is 0 Å². The Morgan fingerprint density at radius 3 is 2.60 bits per heavy atom. The summed E-state index contributed by atoms with van der Waals surface area (Å²) < 4.78 is 10.9. The number of halogens is 1. The van der Waals surface area contributed by atoms with Crippen molar-refractivity contribution in [1.82, 2.24) is 4.90 Å². The second kappa shape index (κ2) is 7.98. The predicted octanol–water partition coefficient (Wildman–Crippen LogP) is 4.13. The summed E-state index contributed by atoms with van der Waals surface area (Å²) in [4.78, 5) is 2.43. The normalized spacial score (nSPS) is 17.6. The average Bonchev–Trinajstić information content (AvgIpc) is 3.03. The lowest BCUT2D eigenvalue weighted by Gasteiger charge is -2.19. The maximum atomic E-state index is 9.40. The molecule has 0 radical (unpaired) electrons. The van der Waals surface area contributed by atoms with Gasteiger partial charge in [0.15, 0.2) is 11.5 Å². The molecule has 0 saturated carbocycles. The number of rotatable bonds is 6. The summed E-state index contributed by atoms with van der Waals surface area (Å²) in [5.41, 5.74) is 2.32. The van der Waals surface area contributed by atoms with E-state index in [1.54, 1.807) is 32.4 Å². The number of hydrogen-bond donors (Lipinski definition) is 1. The maximum absolute atomic E-state index is 9.40. The summed E-state index contributed by atoms with van der Waals surface area (Å²) in [6.45, 7) is 2.89. The van der Waals surface area contributed by atoms with Crippen molar-refractivity contribution in [3.63, 3.8) is 0 Å². The fourth-order valence-corrected chi connectivity index (χ4v) is 3.78. The molecule has 2 aromatic carbocycles. The highest BCUT2D eigenvalue weighted by molar-refractivity contribution is 6.30. The van der Waals surface area contributed by atoms with E-state index in [-0.39, 0.29) is 0 Å². The molecule has 1 aliphatic rings. The Kier molecular flexibility index (Phi) is 5.71. The number of aromatic hydroxyl groups is 1. The van der Waals surface area contributed by atoms with Crippen LogP contribution in [0.4, 0.5) is 0 Å². The van der Waals surface area contributed by atoms with Crippen LogP contribution in [0.15, 0.2) is 36.4 Å².